The van der Waals surface area contributed by atoms with Crippen molar-refractivity contribution in [2.45, 2.75) is 37.4 Å². The fraction of sp³-hybridized carbons (Fsp3) is 0.435. The SMILES string of the molecule is CCS(=O)(=O)c1ccc(Cl)cc1CNC(=O)c1ccc(CN2CCC(N(C)C)C2)c(Br)c1. The summed E-state index contributed by atoms with van der Waals surface area (Å²) in [6.07, 6.45) is 1.16. The molecule has 1 saturated heterocycles. The van der Waals surface area contributed by atoms with Crippen LogP contribution in [0.4, 0.5) is 0 Å². The van der Waals surface area contributed by atoms with E-state index in [0.29, 0.717) is 22.2 Å². The first-order valence-corrected chi connectivity index (χ1v) is 13.4. The van der Waals surface area contributed by atoms with Gasteiger partial charge < -0.3 is 10.2 Å². The van der Waals surface area contributed by atoms with Crippen molar-refractivity contribution in [3.8, 4) is 0 Å². The van der Waals surface area contributed by atoms with Gasteiger partial charge in [-0.1, -0.05) is 40.5 Å². The third-order valence-electron chi connectivity index (χ3n) is 5.86. The van der Waals surface area contributed by atoms with Gasteiger partial charge in [0.1, 0.15) is 0 Å². The first-order chi connectivity index (χ1) is 15.1. The summed E-state index contributed by atoms with van der Waals surface area (Å²) in [4.78, 5) is 17.6. The van der Waals surface area contributed by atoms with Crippen molar-refractivity contribution in [2.24, 2.45) is 0 Å². The molecule has 1 atom stereocenters. The Morgan fingerprint density at radius 2 is 1.97 bits per heavy atom. The maximum absolute atomic E-state index is 12.7. The highest BCUT2D eigenvalue weighted by Crippen LogP contribution is 2.24. The van der Waals surface area contributed by atoms with Gasteiger partial charge in [0.2, 0.25) is 0 Å². The van der Waals surface area contributed by atoms with Crippen LogP contribution >= 0.6 is 27.5 Å². The van der Waals surface area contributed by atoms with E-state index in [9.17, 15) is 13.2 Å². The number of halogens is 2. The van der Waals surface area contributed by atoms with Crippen molar-refractivity contribution in [3.63, 3.8) is 0 Å². The largest absolute Gasteiger partial charge is 0.348 e. The van der Waals surface area contributed by atoms with Crippen LogP contribution in [0.25, 0.3) is 0 Å². The first kappa shape index (κ1) is 25.2. The molecule has 2 aromatic rings. The Kier molecular flexibility index (Phi) is 8.38. The topological polar surface area (TPSA) is 69.7 Å². The van der Waals surface area contributed by atoms with Gasteiger partial charge in [-0.2, -0.15) is 0 Å². The van der Waals surface area contributed by atoms with E-state index in [1.165, 1.54) is 6.07 Å². The summed E-state index contributed by atoms with van der Waals surface area (Å²) in [7, 11) is 0.809. The predicted octanol–water partition coefficient (Wildman–Crippen LogP) is 3.96. The summed E-state index contributed by atoms with van der Waals surface area (Å²) in [6.45, 7) is 4.58. The molecule has 1 amide bonds. The van der Waals surface area contributed by atoms with Gasteiger partial charge in [0, 0.05) is 47.3 Å². The monoisotopic (exact) mass is 541 g/mol. The number of hydrogen-bond acceptors (Lipinski definition) is 5. The van der Waals surface area contributed by atoms with Gasteiger partial charge in [0.15, 0.2) is 9.84 Å². The molecule has 1 unspecified atom stereocenters. The molecular weight excluding hydrogens is 514 g/mol. The molecule has 0 radical (unpaired) electrons. The van der Waals surface area contributed by atoms with Crippen molar-refractivity contribution in [1.82, 2.24) is 15.1 Å². The molecule has 1 aliphatic heterocycles. The number of likely N-dealkylation sites (tertiary alicyclic amines) is 1. The number of carbonyl (C=O) groups excluding carboxylic acids is 1. The Morgan fingerprint density at radius 3 is 2.59 bits per heavy atom. The van der Waals surface area contributed by atoms with Gasteiger partial charge in [-0.05, 0) is 62.0 Å². The first-order valence-electron chi connectivity index (χ1n) is 10.6. The van der Waals surface area contributed by atoms with Gasteiger partial charge >= 0.3 is 0 Å². The molecule has 3 rings (SSSR count). The minimum absolute atomic E-state index is 0.0176. The molecule has 2 aromatic carbocycles. The van der Waals surface area contributed by atoms with E-state index in [4.69, 9.17) is 11.6 Å². The molecule has 0 spiro atoms. The average Bonchev–Trinajstić information content (AvgIpc) is 3.22. The van der Waals surface area contributed by atoms with Crippen LogP contribution in [0.3, 0.4) is 0 Å². The van der Waals surface area contributed by atoms with Crippen LogP contribution in [-0.4, -0.2) is 63.1 Å². The van der Waals surface area contributed by atoms with E-state index in [-0.39, 0.29) is 23.1 Å². The summed E-state index contributed by atoms with van der Waals surface area (Å²) in [5, 5.41) is 3.24. The lowest BCUT2D eigenvalue weighted by molar-refractivity contribution is 0.0950. The number of hydrogen-bond donors (Lipinski definition) is 1. The second-order valence-corrected chi connectivity index (χ2v) is 11.8. The van der Waals surface area contributed by atoms with Crippen LogP contribution < -0.4 is 5.32 Å². The van der Waals surface area contributed by atoms with Crippen molar-refractivity contribution in [2.75, 3.05) is 32.9 Å². The molecule has 0 aromatic heterocycles. The summed E-state index contributed by atoms with van der Waals surface area (Å²) in [5.41, 5.74) is 2.12. The van der Waals surface area contributed by atoms with E-state index >= 15 is 0 Å². The Bertz CT molecular complexity index is 1090. The highest BCUT2D eigenvalue weighted by atomic mass is 79.9. The quantitative estimate of drug-likeness (QED) is 0.547. The standard InChI is InChI=1S/C23H29BrClN3O3S/c1-4-32(30,31)22-8-7-19(25)11-18(22)13-26-23(29)16-5-6-17(21(24)12-16)14-28-10-9-20(15-28)27(2)3/h5-8,11-12,20H,4,9-10,13-15H2,1-3H3,(H,26,29). The second-order valence-electron chi connectivity index (χ2n) is 8.29. The van der Waals surface area contributed by atoms with E-state index < -0.39 is 9.84 Å². The van der Waals surface area contributed by atoms with Crippen LogP contribution in [-0.2, 0) is 22.9 Å². The summed E-state index contributed by atoms with van der Waals surface area (Å²) >= 11 is 9.66. The molecule has 1 N–H and O–H groups in total. The van der Waals surface area contributed by atoms with E-state index in [1.54, 1.807) is 25.1 Å². The zero-order valence-corrected chi connectivity index (χ0v) is 21.7. The molecule has 6 nitrogen and oxygen atoms in total. The third kappa shape index (κ3) is 6.11. The van der Waals surface area contributed by atoms with Gasteiger partial charge in [0.05, 0.1) is 10.6 Å². The van der Waals surface area contributed by atoms with Crippen molar-refractivity contribution in [3.05, 3.63) is 62.6 Å². The third-order valence-corrected chi connectivity index (χ3v) is 8.67. The zero-order valence-electron chi connectivity index (χ0n) is 18.6. The molecule has 0 bridgehead atoms. The number of rotatable bonds is 8. The summed E-state index contributed by atoms with van der Waals surface area (Å²) in [5.74, 6) is -0.290. The number of amides is 1. The Morgan fingerprint density at radius 1 is 1.22 bits per heavy atom. The van der Waals surface area contributed by atoms with Gasteiger partial charge in [-0.25, -0.2) is 8.42 Å². The fourth-order valence-electron chi connectivity index (χ4n) is 3.86. The number of nitrogens with zero attached hydrogens (tertiary/aromatic N) is 2. The average molecular weight is 543 g/mol. The van der Waals surface area contributed by atoms with Crippen LogP contribution in [0.1, 0.15) is 34.8 Å². The van der Waals surface area contributed by atoms with Crippen molar-refractivity contribution >= 4 is 43.3 Å². The van der Waals surface area contributed by atoms with E-state index in [2.05, 4.69) is 45.1 Å². The van der Waals surface area contributed by atoms with Crippen LogP contribution in [0, 0.1) is 0 Å². The van der Waals surface area contributed by atoms with Crippen LogP contribution in [0.5, 0.6) is 0 Å². The lowest BCUT2D eigenvalue weighted by Gasteiger charge is -2.21. The highest BCUT2D eigenvalue weighted by molar-refractivity contribution is 9.10. The molecule has 1 aliphatic rings. The molecular formula is C23H29BrClN3O3S. The molecule has 174 valence electrons. The maximum Gasteiger partial charge on any atom is 0.251 e. The highest BCUT2D eigenvalue weighted by Gasteiger charge is 2.24. The Labute approximate surface area is 204 Å². The minimum atomic E-state index is -3.42. The predicted molar refractivity (Wildman–Crippen MR) is 132 cm³/mol. The number of carbonyl (C=O) groups is 1. The normalized spacial score (nSPS) is 17.1. The molecule has 9 heteroatoms. The maximum atomic E-state index is 12.7. The number of likely N-dealkylation sites (N-methyl/N-ethyl adjacent to an activating group) is 1. The van der Waals surface area contributed by atoms with Gasteiger partial charge in [0.25, 0.3) is 5.91 Å². The van der Waals surface area contributed by atoms with Gasteiger partial charge in [-0.15, -0.1) is 0 Å². The molecule has 1 fully saturated rings. The number of benzene rings is 2. The van der Waals surface area contributed by atoms with Gasteiger partial charge in [-0.3, -0.25) is 9.69 Å². The molecule has 0 saturated carbocycles. The smallest absolute Gasteiger partial charge is 0.251 e. The van der Waals surface area contributed by atoms with E-state index in [1.807, 2.05) is 12.1 Å². The molecule has 1 heterocycles. The Balaban J connectivity index is 1.67. The lowest BCUT2D eigenvalue weighted by Crippen LogP contribution is -2.31. The second kappa shape index (κ2) is 10.7. The van der Waals surface area contributed by atoms with E-state index in [0.717, 1.165) is 36.1 Å². The molecule has 32 heavy (non-hydrogen) atoms. The fourth-order valence-corrected chi connectivity index (χ4v) is 5.67. The van der Waals surface area contributed by atoms with Crippen molar-refractivity contribution < 1.29 is 13.2 Å². The lowest BCUT2D eigenvalue weighted by atomic mass is 10.1. The zero-order chi connectivity index (χ0) is 23.5. The summed E-state index contributed by atoms with van der Waals surface area (Å²) in [6, 6.07) is 10.8. The molecule has 0 aliphatic carbocycles. The van der Waals surface area contributed by atoms with Crippen LogP contribution in [0.15, 0.2) is 45.8 Å². The number of nitrogens with one attached hydrogen (secondary N) is 1. The van der Waals surface area contributed by atoms with Crippen molar-refractivity contribution in [1.29, 1.82) is 0 Å². The summed E-state index contributed by atoms with van der Waals surface area (Å²) < 4.78 is 25.6. The Hall–Kier alpha value is -1.45. The minimum Gasteiger partial charge on any atom is -0.348 e. The number of sulfone groups is 1. The van der Waals surface area contributed by atoms with Crippen LogP contribution in [0.2, 0.25) is 5.02 Å².